The number of amides is 3. The highest BCUT2D eigenvalue weighted by Gasteiger charge is 2.11. The lowest BCUT2D eigenvalue weighted by molar-refractivity contribution is 0.0996. The number of anilines is 1. The van der Waals surface area contributed by atoms with Gasteiger partial charge in [-0.1, -0.05) is 36.4 Å². The summed E-state index contributed by atoms with van der Waals surface area (Å²) in [6.45, 7) is 4.37. The van der Waals surface area contributed by atoms with Crippen molar-refractivity contribution in [1.82, 2.24) is 10.6 Å². The molecule has 6 nitrogen and oxygen atoms in total. The summed E-state index contributed by atoms with van der Waals surface area (Å²) >= 11 is 0. The third kappa shape index (κ3) is 5.01. The number of rotatable bonds is 6. The van der Waals surface area contributed by atoms with Crippen molar-refractivity contribution < 1.29 is 14.0 Å². The van der Waals surface area contributed by atoms with Gasteiger partial charge in [-0.3, -0.25) is 4.79 Å². The molecule has 0 saturated carbocycles. The van der Waals surface area contributed by atoms with Gasteiger partial charge in [-0.15, -0.1) is 0 Å². The molecule has 3 rings (SSSR count). The fourth-order valence-electron chi connectivity index (χ4n) is 2.89. The third-order valence-corrected chi connectivity index (χ3v) is 4.41. The van der Waals surface area contributed by atoms with E-state index in [0.29, 0.717) is 12.2 Å². The number of aryl methyl sites for hydroxylation is 1. The molecular weight excluding hydrogens is 354 g/mol. The second-order valence-electron chi connectivity index (χ2n) is 6.53. The number of hydrogen-bond donors (Lipinski definition) is 3. The molecule has 0 unspecified atom stereocenters. The molecular formula is C22H23N3O3. The summed E-state index contributed by atoms with van der Waals surface area (Å²) in [7, 11) is 0. The zero-order chi connectivity index (χ0) is 19.9. The summed E-state index contributed by atoms with van der Waals surface area (Å²) in [6.07, 6.45) is 1.45. The minimum absolute atomic E-state index is 0.0830. The van der Waals surface area contributed by atoms with Gasteiger partial charge >= 0.3 is 6.03 Å². The van der Waals surface area contributed by atoms with Crippen LogP contribution in [0.15, 0.2) is 71.3 Å². The molecule has 2 aromatic carbocycles. The molecule has 0 radical (unpaired) electrons. The Bertz CT molecular complexity index is 934. The third-order valence-electron chi connectivity index (χ3n) is 4.41. The lowest BCUT2D eigenvalue weighted by Crippen LogP contribution is -2.36. The fraction of sp³-hybridized carbons (Fsp3) is 0.182. The van der Waals surface area contributed by atoms with Crippen molar-refractivity contribution in [2.75, 3.05) is 5.32 Å². The topological polar surface area (TPSA) is 83.4 Å². The van der Waals surface area contributed by atoms with Crippen molar-refractivity contribution in [3.05, 3.63) is 89.4 Å². The first-order chi connectivity index (χ1) is 13.5. The number of furan rings is 1. The number of carbonyl (C=O) groups excluding carboxylic acids is 2. The summed E-state index contributed by atoms with van der Waals surface area (Å²) in [5, 5.41) is 8.55. The molecule has 3 amide bonds. The van der Waals surface area contributed by atoms with Crippen LogP contribution in [-0.4, -0.2) is 11.9 Å². The lowest BCUT2D eigenvalue weighted by Gasteiger charge is -2.17. The van der Waals surface area contributed by atoms with Crippen LogP contribution in [0, 0.1) is 6.92 Å². The zero-order valence-electron chi connectivity index (χ0n) is 15.9. The molecule has 0 bridgehead atoms. The van der Waals surface area contributed by atoms with Crippen LogP contribution in [0.4, 0.5) is 10.5 Å². The van der Waals surface area contributed by atoms with Crippen LogP contribution in [0.25, 0.3) is 0 Å². The van der Waals surface area contributed by atoms with Crippen LogP contribution >= 0.6 is 0 Å². The van der Waals surface area contributed by atoms with Crippen LogP contribution in [0.3, 0.4) is 0 Å². The molecule has 6 heteroatoms. The van der Waals surface area contributed by atoms with Gasteiger partial charge in [0.15, 0.2) is 5.76 Å². The maximum absolute atomic E-state index is 12.2. The van der Waals surface area contributed by atoms with Crippen LogP contribution in [-0.2, 0) is 6.54 Å². The summed E-state index contributed by atoms with van der Waals surface area (Å²) in [5.74, 6) is -0.0503. The standard InChI is InChI=1S/C22H23N3O3/c1-15-6-3-4-7-19(15)16(2)24-22(27)23-14-17-9-11-18(12-10-17)25-21(26)20-8-5-13-28-20/h3-13,16H,14H2,1-2H3,(H,25,26)(H2,23,24,27)/t16-/m0/s1. The van der Waals surface area contributed by atoms with Crippen LogP contribution in [0.5, 0.6) is 0 Å². The molecule has 1 atom stereocenters. The normalized spacial score (nSPS) is 11.5. The Morgan fingerprint density at radius 3 is 2.43 bits per heavy atom. The smallest absolute Gasteiger partial charge is 0.315 e. The van der Waals surface area contributed by atoms with Gasteiger partial charge < -0.3 is 20.4 Å². The predicted octanol–water partition coefficient (Wildman–Crippen LogP) is 4.40. The van der Waals surface area contributed by atoms with Gasteiger partial charge in [0.05, 0.1) is 12.3 Å². The van der Waals surface area contributed by atoms with Gasteiger partial charge in [-0.2, -0.15) is 0 Å². The maximum Gasteiger partial charge on any atom is 0.315 e. The molecule has 3 aromatic rings. The average molecular weight is 377 g/mol. The Hall–Kier alpha value is -3.54. The molecule has 0 saturated heterocycles. The lowest BCUT2D eigenvalue weighted by atomic mass is 10.0. The summed E-state index contributed by atoms with van der Waals surface area (Å²) < 4.78 is 5.06. The van der Waals surface area contributed by atoms with E-state index in [1.54, 1.807) is 24.3 Å². The van der Waals surface area contributed by atoms with E-state index >= 15 is 0 Å². The van der Waals surface area contributed by atoms with E-state index in [1.807, 2.05) is 50.2 Å². The fourth-order valence-corrected chi connectivity index (χ4v) is 2.89. The number of nitrogens with one attached hydrogen (secondary N) is 3. The first kappa shape index (κ1) is 19.2. The highest BCUT2D eigenvalue weighted by Crippen LogP contribution is 2.16. The number of hydrogen-bond acceptors (Lipinski definition) is 3. The van der Waals surface area contributed by atoms with Crippen molar-refractivity contribution in [2.45, 2.75) is 26.4 Å². The van der Waals surface area contributed by atoms with Gasteiger partial charge in [-0.25, -0.2) is 4.79 Å². The van der Waals surface area contributed by atoms with E-state index in [4.69, 9.17) is 4.42 Å². The average Bonchev–Trinajstić information content (AvgIpc) is 3.23. The molecule has 0 aliphatic rings. The minimum Gasteiger partial charge on any atom is -0.459 e. The molecule has 144 valence electrons. The van der Waals surface area contributed by atoms with E-state index in [9.17, 15) is 9.59 Å². The predicted molar refractivity (Wildman–Crippen MR) is 108 cm³/mol. The highest BCUT2D eigenvalue weighted by atomic mass is 16.3. The Kier molecular flexibility index (Phi) is 6.11. The van der Waals surface area contributed by atoms with Crippen molar-refractivity contribution in [2.24, 2.45) is 0 Å². The van der Waals surface area contributed by atoms with E-state index < -0.39 is 0 Å². The number of carbonyl (C=O) groups is 2. The van der Waals surface area contributed by atoms with Crippen molar-refractivity contribution >= 4 is 17.6 Å². The summed E-state index contributed by atoms with van der Waals surface area (Å²) in [4.78, 5) is 24.1. The van der Waals surface area contributed by atoms with E-state index in [2.05, 4.69) is 16.0 Å². The highest BCUT2D eigenvalue weighted by molar-refractivity contribution is 6.02. The molecule has 0 spiro atoms. The maximum atomic E-state index is 12.2. The second kappa shape index (κ2) is 8.90. The summed E-state index contributed by atoms with van der Waals surface area (Å²) in [5.41, 5.74) is 3.81. The Labute approximate surface area is 164 Å². The van der Waals surface area contributed by atoms with Crippen LogP contribution in [0.1, 0.15) is 40.2 Å². The van der Waals surface area contributed by atoms with Crippen molar-refractivity contribution in [3.8, 4) is 0 Å². The minimum atomic E-state index is -0.305. The molecule has 0 fully saturated rings. The van der Waals surface area contributed by atoms with Gasteiger partial charge in [0.25, 0.3) is 5.91 Å². The molecule has 3 N–H and O–H groups in total. The number of urea groups is 1. The van der Waals surface area contributed by atoms with Gasteiger partial charge in [0.1, 0.15) is 0 Å². The van der Waals surface area contributed by atoms with E-state index in [0.717, 1.165) is 16.7 Å². The monoisotopic (exact) mass is 377 g/mol. The Balaban J connectivity index is 1.48. The number of benzene rings is 2. The van der Waals surface area contributed by atoms with Gasteiger partial charge in [0.2, 0.25) is 0 Å². The first-order valence-corrected chi connectivity index (χ1v) is 9.06. The van der Waals surface area contributed by atoms with Crippen LogP contribution < -0.4 is 16.0 Å². The molecule has 1 aromatic heterocycles. The van der Waals surface area contributed by atoms with Crippen molar-refractivity contribution in [1.29, 1.82) is 0 Å². The van der Waals surface area contributed by atoms with E-state index in [1.165, 1.54) is 6.26 Å². The largest absolute Gasteiger partial charge is 0.459 e. The Morgan fingerprint density at radius 2 is 1.75 bits per heavy atom. The molecule has 1 heterocycles. The molecule has 28 heavy (non-hydrogen) atoms. The SMILES string of the molecule is Cc1ccccc1[C@H](C)NC(=O)NCc1ccc(NC(=O)c2ccco2)cc1. The van der Waals surface area contributed by atoms with Gasteiger partial charge in [0, 0.05) is 12.2 Å². The Morgan fingerprint density at radius 1 is 1.00 bits per heavy atom. The first-order valence-electron chi connectivity index (χ1n) is 9.06. The van der Waals surface area contributed by atoms with E-state index in [-0.39, 0.29) is 23.7 Å². The second-order valence-corrected chi connectivity index (χ2v) is 6.53. The zero-order valence-corrected chi connectivity index (χ0v) is 15.9. The molecule has 0 aliphatic carbocycles. The van der Waals surface area contributed by atoms with Gasteiger partial charge in [-0.05, 0) is 54.8 Å². The summed E-state index contributed by atoms with van der Waals surface area (Å²) in [6, 6.07) is 18.2. The quantitative estimate of drug-likeness (QED) is 0.595. The van der Waals surface area contributed by atoms with Crippen molar-refractivity contribution in [3.63, 3.8) is 0 Å². The molecule has 0 aliphatic heterocycles. The van der Waals surface area contributed by atoms with Crippen LogP contribution in [0.2, 0.25) is 0 Å².